The number of hydrogen-bond acceptors (Lipinski definition) is 2. The minimum atomic E-state index is 0.634. The second-order valence-corrected chi connectivity index (χ2v) is 6.11. The van der Waals surface area contributed by atoms with E-state index in [9.17, 15) is 0 Å². The number of nitrogens with zero attached hydrogens (tertiary/aromatic N) is 2. The number of anilines is 1. The third-order valence-electron chi connectivity index (χ3n) is 3.86. The normalized spacial score (nSPS) is 24.7. The summed E-state index contributed by atoms with van der Waals surface area (Å²) in [5, 5.41) is 0. The van der Waals surface area contributed by atoms with Crippen LogP contribution in [-0.2, 0) is 0 Å². The monoisotopic (exact) mass is 296 g/mol. The summed E-state index contributed by atoms with van der Waals surface area (Å²) in [5.74, 6) is 1.85. The van der Waals surface area contributed by atoms with Crippen molar-refractivity contribution in [2.24, 2.45) is 5.92 Å². The highest BCUT2D eigenvalue weighted by Gasteiger charge is 2.26. The van der Waals surface area contributed by atoms with E-state index in [0.29, 0.717) is 6.04 Å². The molecule has 0 saturated heterocycles. The van der Waals surface area contributed by atoms with E-state index in [-0.39, 0.29) is 0 Å². The highest BCUT2D eigenvalue weighted by Crippen LogP contribution is 2.32. The van der Waals surface area contributed by atoms with Gasteiger partial charge >= 0.3 is 0 Å². The molecule has 0 aromatic carbocycles. The van der Waals surface area contributed by atoms with E-state index in [1.54, 1.807) is 0 Å². The zero-order valence-corrected chi connectivity index (χ0v) is 12.5. The van der Waals surface area contributed by atoms with Crippen LogP contribution in [0.15, 0.2) is 16.7 Å². The first-order valence-electron chi connectivity index (χ1n) is 6.44. The Hall–Kier alpha value is -0.570. The second-order valence-electron chi connectivity index (χ2n) is 5.26. The maximum Gasteiger partial charge on any atom is 0.142 e. The second kappa shape index (κ2) is 5.38. The highest BCUT2D eigenvalue weighted by atomic mass is 79.9. The van der Waals surface area contributed by atoms with Gasteiger partial charge in [-0.3, -0.25) is 0 Å². The topological polar surface area (TPSA) is 16.1 Å². The van der Waals surface area contributed by atoms with Crippen molar-refractivity contribution >= 4 is 21.7 Å². The zero-order chi connectivity index (χ0) is 12.4. The summed E-state index contributed by atoms with van der Waals surface area (Å²) < 4.78 is 1.11. The number of pyridine rings is 1. The summed E-state index contributed by atoms with van der Waals surface area (Å²) in [6.07, 6.45) is 7.32. The zero-order valence-electron chi connectivity index (χ0n) is 10.9. The van der Waals surface area contributed by atoms with Crippen LogP contribution in [0.1, 0.15) is 38.2 Å². The van der Waals surface area contributed by atoms with Crippen LogP contribution >= 0.6 is 15.9 Å². The van der Waals surface area contributed by atoms with Crippen LogP contribution in [-0.4, -0.2) is 18.1 Å². The van der Waals surface area contributed by atoms with Gasteiger partial charge in [0.1, 0.15) is 5.82 Å². The Bertz CT molecular complexity index is 392. The number of aromatic nitrogens is 1. The average Bonchev–Trinajstić information content (AvgIpc) is 2.29. The van der Waals surface area contributed by atoms with Gasteiger partial charge < -0.3 is 4.90 Å². The van der Waals surface area contributed by atoms with Crippen molar-refractivity contribution in [3.05, 3.63) is 22.3 Å². The van der Waals surface area contributed by atoms with Crippen molar-refractivity contribution in [1.82, 2.24) is 4.98 Å². The van der Waals surface area contributed by atoms with Gasteiger partial charge in [-0.2, -0.15) is 0 Å². The molecule has 1 heterocycles. The molecule has 3 heteroatoms. The molecule has 0 spiro atoms. The molecule has 0 bridgehead atoms. The van der Waals surface area contributed by atoms with E-state index < -0.39 is 0 Å². The average molecular weight is 297 g/mol. The van der Waals surface area contributed by atoms with Gasteiger partial charge in [-0.1, -0.05) is 19.8 Å². The first-order valence-corrected chi connectivity index (χ1v) is 7.24. The van der Waals surface area contributed by atoms with Crippen molar-refractivity contribution in [2.45, 2.75) is 45.6 Å². The van der Waals surface area contributed by atoms with E-state index in [2.05, 4.69) is 52.8 Å². The van der Waals surface area contributed by atoms with E-state index in [0.717, 1.165) is 16.2 Å². The molecule has 1 fully saturated rings. The first-order chi connectivity index (χ1) is 8.09. The van der Waals surface area contributed by atoms with Gasteiger partial charge in [0.05, 0.1) is 4.47 Å². The largest absolute Gasteiger partial charge is 0.355 e. The smallest absolute Gasteiger partial charge is 0.142 e. The fourth-order valence-corrected chi connectivity index (χ4v) is 3.56. The van der Waals surface area contributed by atoms with Crippen LogP contribution in [0.4, 0.5) is 5.82 Å². The Morgan fingerprint density at radius 2 is 2.06 bits per heavy atom. The fourth-order valence-electron chi connectivity index (χ4n) is 2.82. The molecule has 2 atom stereocenters. The van der Waals surface area contributed by atoms with Gasteiger partial charge in [0.25, 0.3) is 0 Å². The third-order valence-corrected chi connectivity index (χ3v) is 4.44. The van der Waals surface area contributed by atoms with Crippen molar-refractivity contribution < 1.29 is 0 Å². The van der Waals surface area contributed by atoms with Crippen molar-refractivity contribution in [2.75, 3.05) is 11.9 Å². The number of hydrogen-bond donors (Lipinski definition) is 0. The lowest BCUT2D eigenvalue weighted by Gasteiger charge is -2.37. The van der Waals surface area contributed by atoms with Gasteiger partial charge in [-0.25, -0.2) is 4.98 Å². The van der Waals surface area contributed by atoms with Crippen LogP contribution in [0.2, 0.25) is 0 Å². The summed E-state index contributed by atoms with van der Waals surface area (Å²) in [7, 11) is 2.18. The number of rotatable bonds is 2. The Balaban J connectivity index is 2.20. The molecule has 0 aliphatic heterocycles. The molecule has 0 amide bonds. The number of aryl methyl sites for hydroxylation is 1. The van der Waals surface area contributed by atoms with Gasteiger partial charge in [0.15, 0.2) is 0 Å². The molecule has 0 N–H and O–H groups in total. The van der Waals surface area contributed by atoms with Gasteiger partial charge in [-0.15, -0.1) is 0 Å². The molecule has 94 valence electrons. The predicted octanol–water partition coefficient (Wildman–Crippen LogP) is 4.17. The van der Waals surface area contributed by atoms with E-state index >= 15 is 0 Å². The molecule has 0 radical (unpaired) electrons. The van der Waals surface area contributed by atoms with Gasteiger partial charge in [-0.05, 0) is 53.2 Å². The molecular formula is C14H21BrN2. The fraction of sp³-hybridized carbons (Fsp3) is 0.643. The molecule has 1 aromatic rings. The van der Waals surface area contributed by atoms with Crippen LogP contribution in [0, 0.1) is 12.8 Å². The molecule has 2 unspecified atom stereocenters. The van der Waals surface area contributed by atoms with E-state index in [1.165, 1.54) is 31.2 Å². The Labute approximate surface area is 113 Å². The summed E-state index contributed by atoms with van der Waals surface area (Å²) in [6.45, 7) is 4.44. The molecule has 17 heavy (non-hydrogen) atoms. The maximum absolute atomic E-state index is 4.57. The SMILES string of the molecule is Cc1cnc(N(C)C2CCCCC2C)c(Br)c1. The molecule has 1 aliphatic rings. The molecule has 1 aliphatic carbocycles. The molecule has 1 saturated carbocycles. The van der Waals surface area contributed by atoms with Crippen LogP contribution in [0.5, 0.6) is 0 Å². The summed E-state index contributed by atoms with van der Waals surface area (Å²) in [6, 6.07) is 2.78. The van der Waals surface area contributed by atoms with Crippen molar-refractivity contribution in [3.63, 3.8) is 0 Å². The molecule has 2 nitrogen and oxygen atoms in total. The van der Waals surface area contributed by atoms with Crippen LogP contribution in [0.25, 0.3) is 0 Å². The lowest BCUT2D eigenvalue weighted by atomic mass is 9.85. The summed E-state index contributed by atoms with van der Waals surface area (Å²) >= 11 is 3.63. The highest BCUT2D eigenvalue weighted by molar-refractivity contribution is 9.10. The minimum absolute atomic E-state index is 0.634. The molecule has 2 rings (SSSR count). The Kier molecular flexibility index (Phi) is 4.08. The van der Waals surface area contributed by atoms with Crippen molar-refractivity contribution in [1.29, 1.82) is 0 Å². The molecular weight excluding hydrogens is 276 g/mol. The standard InChI is InChI=1S/C14H21BrN2/c1-10-8-12(15)14(16-9-10)17(3)13-7-5-4-6-11(13)2/h8-9,11,13H,4-7H2,1-3H3. The predicted molar refractivity (Wildman–Crippen MR) is 76.5 cm³/mol. The van der Waals surface area contributed by atoms with Gasteiger partial charge in [0.2, 0.25) is 0 Å². The summed E-state index contributed by atoms with van der Waals surface area (Å²) in [4.78, 5) is 6.92. The van der Waals surface area contributed by atoms with Crippen molar-refractivity contribution in [3.8, 4) is 0 Å². The Morgan fingerprint density at radius 1 is 1.35 bits per heavy atom. The van der Waals surface area contributed by atoms with Crippen LogP contribution in [0.3, 0.4) is 0 Å². The summed E-state index contributed by atoms with van der Waals surface area (Å²) in [5.41, 5.74) is 1.20. The quantitative estimate of drug-likeness (QED) is 0.814. The first kappa shape index (κ1) is 12.9. The van der Waals surface area contributed by atoms with Gasteiger partial charge in [0, 0.05) is 19.3 Å². The minimum Gasteiger partial charge on any atom is -0.355 e. The Morgan fingerprint density at radius 3 is 2.71 bits per heavy atom. The third kappa shape index (κ3) is 2.82. The number of halogens is 1. The van der Waals surface area contributed by atoms with E-state index in [1.807, 2.05) is 6.20 Å². The van der Waals surface area contributed by atoms with E-state index in [4.69, 9.17) is 0 Å². The molecule has 1 aromatic heterocycles. The lowest BCUT2D eigenvalue weighted by Crippen LogP contribution is -2.39. The van der Waals surface area contributed by atoms with Crippen LogP contribution < -0.4 is 4.90 Å². The lowest BCUT2D eigenvalue weighted by molar-refractivity contribution is 0.320. The maximum atomic E-state index is 4.57.